The first-order chi connectivity index (χ1) is 19.4. The summed E-state index contributed by atoms with van der Waals surface area (Å²) in [5.41, 5.74) is 8.14. The molecule has 0 aromatic heterocycles. The zero-order valence-electron chi connectivity index (χ0n) is 23.8. The summed E-state index contributed by atoms with van der Waals surface area (Å²) < 4.78 is 57.8. The molecule has 0 saturated heterocycles. The monoisotopic (exact) mass is 597 g/mol. The highest BCUT2D eigenvalue weighted by Crippen LogP contribution is 2.15. The molecule has 2 rings (SSSR count). The first kappa shape index (κ1) is 34.3. The molecule has 0 heterocycles. The maximum atomic E-state index is 13.9. The van der Waals surface area contributed by atoms with E-state index >= 15 is 0 Å². The van der Waals surface area contributed by atoms with Crippen LogP contribution in [0.4, 0.5) is 8.78 Å². The number of carbonyl (C=O) groups excluding carboxylic acids is 2. The van der Waals surface area contributed by atoms with E-state index in [0.717, 1.165) is 35.7 Å². The molecule has 0 saturated carbocycles. The summed E-state index contributed by atoms with van der Waals surface area (Å²) in [5.74, 6) is -3.74. The molecule has 0 bridgehead atoms. The van der Waals surface area contributed by atoms with Gasteiger partial charge in [0.2, 0.25) is 11.8 Å². The summed E-state index contributed by atoms with van der Waals surface area (Å²) >= 11 is 0. The number of aliphatic hydroxyl groups is 1. The van der Waals surface area contributed by atoms with E-state index in [1.54, 1.807) is 6.07 Å². The molecule has 2 aromatic rings. The third kappa shape index (κ3) is 11.8. The molecular weight excluding hydrogens is 556 g/mol. The minimum Gasteiger partial charge on any atom is -0.390 e. The van der Waals surface area contributed by atoms with Crippen molar-refractivity contribution in [1.29, 1.82) is 0 Å². The van der Waals surface area contributed by atoms with Gasteiger partial charge >= 0.3 is 0 Å². The third-order valence-corrected chi connectivity index (χ3v) is 8.27. The van der Waals surface area contributed by atoms with Crippen LogP contribution in [-0.4, -0.2) is 80.2 Å². The molecule has 2 amide bonds. The van der Waals surface area contributed by atoms with Crippen LogP contribution in [0.15, 0.2) is 42.5 Å². The van der Waals surface area contributed by atoms with E-state index in [0.29, 0.717) is 12.8 Å². The number of methoxy groups -OCH3 is 1. The van der Waals surface area contributed by atoms with Crippen molar-refractivity contribution in [2.45, 2.75) is 64.3 Å². The van der Waals surface area contributed by atoms with Crippen LogP contribution in [0.5, 0.6) is 0 Å². The number of amides is 2. The van der Waals surface area contributed by atoms with Crippen molar-refractivity contribution in [2.75, 3.05) is 31.8 Å². The Kier molecular flexibility index (Phi) is 13.8. The average Bonchev–Trinajstić information content (AvgIpc) is 2.90. The molecule has 0 radical (unpaired) electrons. The Morgan fingerprint density at radius 2 is 1.73 bits per heavy atom. The van der Waals surface area contributed by atoms with Crippen molar-refractivity contribution in [1.82, 2.24) is 10.2 Å². The van der Waals surface area contributed by atoms with E-state index in [2.05, 4.69) is 5.32 Å². The predicted octanol–water partition coefficient (Wildman–Crippen LogP) is 2.13. The van der Waals surface area contributed by atoms with E-state index in [-0.39, 0.29) is 37.4 Å². The van der Waals surface area contributed by atoms with Gasteiger partial charge in [-0.05, 0) is 48.1 Å². The van der Waals surface area contributed by atoms with Gasteiger partial charge in [0.25, 0.3) is 0 Å². The lowest BCUT2D eigenvalue weighted by atomic mass is 10.0. The normalized spacial score (nSPS) is 13.8. The van der Waals surface area contributed by atoms with Gasteiger partial charge in [-0.2, -0.15) is 0 Å². The van der Waals surface area contributed by atoms with Gasteiger partial charge in [0.15, 0.2) is 9.84 Å². The molecule has 0 aliphatic rings. The fourth-order valence-corrected chi connectivity index (χ4v) is 5.99. The molecule has 2 aromatic carbocycles. The molecule has 9 nitrogen and oxygen atoms in total. The lowest BCUT2D eigenvalue weighted by molar-refractivity contribution is -0.138. The van der Waals surface area contributed by atoms with E-state index in [4.69, 9.17) is 10.5 Å². The van der Waals surface area contributed by atoms with Gasteiger partial charge < -0.3 is 25.8 Å². The number of unbranched alkanes of at least 4 members (excludes halogenated alkanes) is 1. The average molecular weight is 598 g/mol. The van der Waals surface area contributed by atoms with Gasteiger partial charge in [-0.15, -0.1) is 0 Å². The smallest absolute Gasteiger partial charge is 0.246 e. The summed E-state index contributed by atoms with van der Waals surface area (Å²) in [7, 11) is -2.43. The Bertz CT molecular complexity index is 1240. The number of sulfone groups is 1. The number of hydrogen-bond donors (Lipinski definition) is 3. The van der Waals surface area contributed by atoms with Crippen LogP contribution in [0.3, 0.4) is 0 Å². The largest absolute Gasteiger partial charge is 0.390 e. The molecule has 0 aliphatic heterocycles. The Morgan fingerprint density at radius 3 is 2.34 bits per heavy atom. The predicted molar refractivity (Wildman–Crippen MR) is 153 cm³/mol. The van der Waals surface area contributed by atoms with Gasteiger partial charge in [-0.3, -0.25) is 9.59 Å². The maximum absolute atomic E-state index is 13.9. The Morgan fingerprint density at radius 1 is 1.07 bits per heavy atom. The zero-order chi connectivity index (χ0) is 30.6. The number of nitrogens with two attached hydrogens (primary N) is 1. The van der Waals surface area contributed by atoms with Crippen LogP contribution in [-0.2, 0) is 43.5 Å². The minimum atomic E-state index is -3.72. The molecule has 4 N–H and O–H groups in total. The van der Waals surface area contributed by atoms with Crippen molar-refractivity contribution < 1.29 is 36.6 Å². The quantitative estimate of drug-likeness (QED) is 0.254. The van der Waals surface area contributed by atoms with Gasteiger partial charge in [0, 0.05) is 32.3 Å². The van der Waals surface area contributed by atoms with E-state index in [1.165, 1.54) is 12.0 Å². The molecule has 0 spiro atoms. The van der Waals surface area contributed by atoms with Gasteiger partial charge in [-0.25, -0.2) is 17.2 Å². The standard InChI is InChI=1S/C29H41F2N3O6S/c1-4-6-10-41(38,39)19-26(33-28(36)18-40-3)29(37)34(16-21-9-7-8-20(5-2)11-21)17-27(35)25(32)14-22-12-23(30)15-24(31)13-22/h7-9,11-13,15,25-27,35H,4-6,10,14,16-19,32H2,1-3H3,(H,33,36)/t25-,26+,27+/m0/s1. The van der Waals surface area contributed by atoms with Gasteiger partial charge in [-0.1, -0.05) is 44.5 Å². The molecule has 0 aliphatic carbocycles. The highest BCUT2D eigenvalue weighted by atomic mass is 32.2. The Labute approximate surface area is 241 Å². The van der Waals surface area contributed by atoms with Crippen LogP contribution < -0.4 is 11.1 Å². The summed E-state index contributed by atoms with van der Waals surface area (Å²) in [5, 5.41) is 13.4. The first-order valence-electron chi connectivity index (χ1n) is 13.6. The van der Waals surface area contributed by atoms with Crippen molar-refractivity contribution >= 4 is 21.7 Å². The van der Waals surface area contributed by atoms with Crippen molar-refractivity contribution in [3.8, 4) is 0 Å². The van der Waals surface area contributed by atoms with E-state index in [1.807, 2.05) is 32.0 Å². The van der Waals surface area contributed by atoms with Crippen molar-refractivity contribution in [3.05, 3.63) is 70.8 Å². The summed E-state index contributed by atoms with van der Waals surface area (Å²) in [6, 6.07) is 7.92. The summed E-state index contributed by atoms with van der Waals surface area (Å²) in [6.07, 6.45) is 0.351. The highest BCUT2D eigenvalue weighted by Gasteiger charge is 2.32. The molecule has 228 valence electrons. The molecule has 0 unspecified atom stereocenters. The lowest BCUT2D eigenvalue weighted by Crippen LogP contribution is -2.55. The minimum absolute atomic E-state index is 0.00327. The van der Waals surface area contributed by atoms with Crippen LogP contribution >= 0.6 is 0 Å². The number of rotatable bonds is 17. The molecular formula is C29H41F2N3O6S. The lowest BCUT2D eigenvalue weighted by Gasteiger charge is -2.31. The Balaban J connectivity index is 2.37. The number of nitrogens with zero attached hydrogens (tertiary/aromatic N) is 1. The van der Waals surface area contributed by atoms with Crippen LogP contribution in [0.1, 0.15) is 43.4 Å². The topological polar surface area (TPSA) is 139 Å². The number of ether oxygens (including phenoxy) is 1. The number of aryl methyl sites for hydroxylation is 1. The van der Waals surface area contributed by atoms with Crippen LogP contribution in [0.25, 0.3) is 0 Å². The number of halogens is 2. The molecule has 0 fully saturated rings. The first-order valence-corrected chi connectivity index (χ1v) is 15.4. The molecule has 12 heteroatoms. The summed E-state index contributed by atoms with van der Waals surface area (Å²) in [6.45, 7) is 3.11. The second kappa shape index (κ2) is 16.5. The summed E-state index contributed by atoms with van der Waals surface area (Å²) in [4.78, 5) is 27.5. The maximum Gasteiger partial charge on any atom is 0.246 e. The number of aliphatic hydroxyl groups excluding tert-OH is 1. The van der Waals surface area contributed by atoms with E-state index in [9.17, 15) is 31.9 Å². The zero-order valence-corrected chi connectivity index (χ0v) is 24.6. The highest BCUT2D eigenvalue weighted by molar-refractivity contribution is 7.91. The Hall–Kier alpha value is -2.93. The number of nitrogens with one attached hydrogen (secondary N) is 1. The molecule has 41 heavy (non-hydrogen) atoms. The second-order valence-corrected chi connectivity index (χ2v) is 12.4. The number of carbonyl (C=O) groups is 2. The van der Waals surface area contributed by atoms with Crippen molar-refractivity contribution in [3.63, 3.8) is 0 Å². The number of benzene rings is 2. The van der Waals surface area contributed by atoms with Crippen molar-refractivity contribution in [2.24, 2.45) is 5.73 Å². The van der Waals surface area contributed by atoms with Crippen LogP contribution in [0.2, 0.25) is 0 Å². The fraction of sp³-hybridized carbons (Fsp3) is 0.517. The number of hydrogen-bond acceptors (Lipinski definition) is 7. The second-order valence-electron chi connectivity index (χ2n) is 10.1. The third-order valence-electron chi connectivity index (χ3n) is 6.52. The van der Waals surface area contributed by atoms with Crippen LogP contribution in [0, 0.1) is 11.6 Å². The molecule has 3 atom stereocenters. The van der Waals surface area contributed by atoms with Gasteiger partial charge in [0.05, 0.1) is 17.6 Å². The van der Waals surface area contributed by atoms with Gasteiger partial charge in [0.1, 0.15) is 24.3 Å². The SMILES string of the molecule is CCCCS(=O)(=O)C[C@@H](NC(=O)COC)C(=O)N(Cc1cccc(CC)c1)C[C@@H](O)[C@@H](N)Cc1cc(F)cc(F)c1. The van der Waals surface area contributed by atoms with E-state index < -0.39 is 57.2 Å². The fourth-order valence-electron chi connectivity index (χ4n) is 4.36.